The van der Waals surface area contributed by atoms with E-state index in [9.17, 15) is 9.59 Å². The van der Waals surface area contributed by atoms with Crippen LogP contribution >= 0.6 is 13.5 Å². The van der Waals surface area contributed by atoms with Gasteiger partial charge in [0.1, 0.15) is 0 Å². The molecule has 0 aromatic heterocycles. The normalized spacial score (nSPS) is 12.0. The zero-order chi connectivity index (χ0) is 15.0. The quantitative estimate of drug-likeness (QED) is 0.366. The minimum atomic E-state index is -0.747. The Bertz CT molecular complexity index is 491. The topological polar surface area (TPSA) is 93.8 Å². The van der Waals surface area contributed by atoms with Gasteiger partial charge in [-0.1, -0.05) is 37.3 Å². The van der Waals surface area contributed by atoms with Crippen molar-refractivity contribution in [3.8, 4) is 0 Å². The van der Waals surface area contributed by atoms with Crippen molar-refractivity contribution in [3.05, 3.63) is 35.9 Å². The molecule has 6 nitrogen and oxygen atoms in total. The van der Waals surface area contributed by atoms with E-state index in [0.29, 0.717) is 6.42 Å². The third-order valence-corrected chi connectivity index (χ3v) is 2.60. The predicted octanol–water partition coefficient (Wildman–Crippen LogP) is 0.930. The Morgan fingerprint density at radius 2 is 1.95 bits per heavy atom. The summed E-state index contributed by atoms with van der Waals surface area (Å²) >= 11 is 0. The number of amidine groups is 1. The number of hydrogen-bond acceptors (Lipinski definition) is 4. The zero-order valence-corrected chi connectivity index (χ0v) is 13.1. The van der Waals surface area contributed by atoms with Gasteiger partial charge in [0.25, 0.3) is 0 Å². The Morgan fingerprint density at radius 3 is 2.52 bits per heavy atom. The molecule has 7 heteroatoms. The van der Waals surface area contributed by atoms with Crippen molar-refractivity contribution in [2.75, 3.05) is 6.61 Å². The van der Waals surface area contributed by atoms with Crippen LogP contribution in [0.25, 0.3) is 0 Å². The van der Waals surface area contributed by atoms with Gasteiger partial charge in [-0.05, 0) is 18.9 Å². The van der Waals surface area contributed by atoms with Gasteiger partial charge in [0.05, 0.1) is 6.61 Å². The molecular weight excluding hydrogens is 290 g/mol. The van der Waals surface area contributed by atoms with E-state index in [4.69, 9.17) is 5.73 Å². The smallest absolute Gasteiger partial charge is 0.375 e. The van der Waals surface area contributed by atoms with Gasteiger partial charge in [-0.15, -0.1) is 5.10 Å². The SMILES string of the molecule is CCOC(=O)/C(N)=N\NC(=O)[C@@H](C)Cc1ccccc1.S. The molecule has 1 atom stereocenters. The monoisotopic (exact) mass is 311 g/mol. The number of nitrogens with one attached hydrogen (secondary N) is 1. The molecule has 3 N–H and O–H groups in total. The van der Waals surface area contributed by atoms with Gasteiger partial charge >= 0.3 is 5.97 Å². The summed E-state index contributed by atoms with van der Waals surface area (Å²) in [6, 6.07) is 9.63. The molecule has 1 aromatic rings. The third-order valence-electron chi connectivity index (χ3n) is 2.60. The molecule has 0 saturated heterocycles. The van der Waals surface area contributed by atoms with E-state index in [2.05, 4.69) is 15.3 Å². The maximum absolute atomic E-state index is 11.8. The van der Waals surface area contributed by atoms with Gasteiger partial charge in [0, 0.05) is 5.92 Å². The summed E-state index contributed by atoms with van der Waals surface area (Å²) in [5.74, 6) is -1.70. The molecule has 116 valence electrons. The Labute approximate surface area is 131 Å². The number of esters is 1. The minimum absolute atomic E-state index is 0. The molecule has 0 saturated carbocycles. The highest BCUT2D eigenvalue weighted by molar-refractivity contribution is 7.59. The van der Waals surface area contributed by atoms with Crippen LogP contribution < -0.4 is 11.2 Å². The summed E-state index contributed by atoms with van der Waals surface area (Å²) < 4.78 is 4.65. The minimum Gasteiger partial charge on any atom is -0.460 e. The second kappa shape index (κ2) is 9.82. The van der Waals surface area contributed by atoms with Crippen LogP contribution in [0.4, 0.5) is 0 Å². The molecule has 0 aliphatic rings. The Balaban J connectivity index is 0.00000400. The van der Waals surface area contributed by atoms with Gasteiger partial charge in [-0.2, -0.15) is 13.5 Å². The second-order valence-electron chi connectivity index (χ2n) is 4.28. The van der Waals surface area contributed by atoms with Crippen LogP contribution in [0, 0.1) is 5.92 Å². The highest BCUT2D eigenvalue weighted by Gasteiger charge is 2.14. The maximum atomic E-state index is 11.8. The lowest BCUT2D eigenvalue weighted by Gasteiger charge is -2.09. The lowest BCUT2D eigenvalue weighted by Crippen LogP contribution is -2.33. The van der Waals surface area contributed by atoms with Crippen molar-refractivity contribution in [2.24, 2.45) is 16.8 Å². The van der Waals surface area contributed by atoms with Crippen molar-refractivity contribution < 1.29 is 14.3 Å². The maximum Gasteiger partial charge on any atom is 0.375 e. The second-order valence-corrected chi connectivity index (χ2v) is 4.28. The Morgan fingerprint density at radius 1 is 1.33 bits per heavy atom. The average Bonchev–Trinajstić information content (AvgIpc) is 2.45. The van der Waals surface area contributed by atoms with Crippen molar-refractivity contribution in [1.82, 2.24) is 5.43 Å². The van der Waals surface area contributed by atoms with Crippen LogP contribution in [0.1, 0.15) is 19.4 Å². The average molecular weight is 311 g/mol. The first-order valence-corrected chi connectivity index (χ1v) is 6.38. The fraction of sp³-hybridized carbons (Fsp3) is 0.357. The van der Waals surface area contributed by atoms with E-state index in [1.807, 2.05) is 30.3 Å². The van der Waals surface area contributed by atoms with Gasteiger partial charge in [-0.3, -0.25) is 4.79 Å². The van der Waals surface area contributed by atoms with Crippen LogP contribution in [0.15, 0.2) is 35.4 Å². The molecule has 1 rings (SSSR count). The summed E-state index contributed by atoms with van der Waals surface area (Å²) in [5.41, 5.74) is 8.68. The summed E-state index contributed by atoms with van der Waals surface area (Å²) in [7, 11) is 0. The molecule has 0 aliphatic heterocycles. The molecule has 0 aliphatic carbocycles. The third kappa shape index (κ3) is 6.80. The van der Waals surface area contributed by atoms with Crippen molar-refractivity contribution >= 4 is 31.2 Å². The molecule has 0 radical (unpaired) electrons. The number of hydrogen-bond donors (Lipinski definition) is 2. The van der Waals surface area contributed by atoms with Crippen molar-refractivity contribution in [1.29, 1.82) is 0 Å². The number of hydrazone groups is 1. The van der Waals surface area contributed by atoms with Crippen molar-refractivity contribution in [3.63, 3.8) is 0 Å². The van der Waals surface area contributed by atoms with Gasteiger partial charge in [0.2, 0.25) is 11.7 Å². The van der Waals surface area contributed by atoms with E-state index in [-0.39, 0.29) is 37.8 Å². The zero-order valence-electron chi connectivity index (χ0n) is 12.1. The number of carbonyl (C=O) groups is 2. The summed E-state index contributed by atoms with van der Waals surface area (Å²) in [6.07, 6.45) is 0.585. The highest BCUT2D eigenvalue weighted by Crippen LogP contribution is 2.08. The molecule has 1 amide bonds. The summed E-state index contributed by atoms with van der Waals surface area (Å²) in [5, 5.41) is 3.53. The molecule has 1 aromatic carbocycles. The van der Waals surface area contributed by atoms with E-state index in [1.54, 1.807) is 13.8 Å². The number of carbonyl (C=O) groups excluding carboxylic acids is 2. The van der Waals surface area contributed by atoms with E-state index >= 15 is 0 Å². The number of benzene rings is 1. The van der Waals surface area contributed by atoms with Crippen LogP contribution in [-0.2, 0) is 20.7 Å². The summed E-state index contributed by atoms with van der Waals surface area (Å²) in [6.45, 7) is 3.64. The van der Waals surface area contributed by atoms with E-state index < -0.39 is 5.97 Å². The Kier molecular flexibility index (Phi) is 8.87. The number of rotatable bonds is 5. The number of ether oxygens (including phenoxy) is 1. The first-order chi connectivity index (χ1) is 9.54. The van der Waals surface area contributed by atoms with Crippen LogP contribution in [0.3, 0.4) is 0 Å². The fourth-order valence-electron chi connectivity index (χ4n) is 1.54. The molecule has 21 heavy (non-hydrogen) atoms. The first-order valence-electron chi connectivity index (χ1n) is 6.38. The molecule has 0 heterocycles. The van der Waals surface area contributed by atoms with Crippen LogP contribution in [0.2, 0.25) is 0 Å². The predicted molar refractivity (Wildman–Crippen MR) is 86.1 cm³/mol. The lowest BCUT2D eigenvalue weighted by molar-refractivity contribution is -0.135. The molecular formula is C14H21N3O3S. The Hall–Kier alpha value is -2.02. The number of nitrogens with zero attached hydrogens (tertiary/aromatic N) is 1. The largest absolute Gasteiger partial charge is 0.460 e. The van der Waals surface area contributed by atoms with Gasteiger partial charge < -0.3 is 10.5 Å². The van der Waals surface area contributed by atoms with E-state index in [1.165, 1.54) is 0 Å². The molecule has 0 unspecified atom stereocenters. The highest BCUT2D eigenvalue weighted by atomic mass is 32.1. The number of amides is 1. The fourth-order valence-corrected chi connectivity index (χ4v) is 1.54. The van der Waals surface area contributed by atoms with Gasteiger partial charge in [0.15, 0.2) is 0 Å². The summed E-state index contributed by atoms with van der Waals surface area (Å²) in [4.78, 5) is 23.0. The van der Waals surface area contributed by atoms with Gasteiger partial charge in [-0.25, -0.2) is 10.2 Å². The lowest BCUT2D eigenvalue weighted by atomic mass is 10.0. The molecule has 0 fully saturated rings. The first kappa shape index (κ1) is 19.0. The number of nitrogens with two attached hydrogens (primary N) is 1. The van der Waals surface area contributed by atoms with Crippen molar-refractivity contribution in [2.45, 2.75) is 20.3 Å². The molecule has 0 spiro atoms. The van der Waals surface area contributed by atoms with E-state index in [0.717, 1.165) is 5.56 Å². The molecule has 0 bridgehead atoms. The van der Waals surface area contributed by atoms with Crippen LogP contribution in [0.5, 0.6) is 0 Å². The van der Waals surface area contributed by atoms with Crippen LogP contribution in [-0.4, -0.2) is 24.3 Å². The standard InChI is InChI=1S/C14H19N3O3.H2S/c1-3-20-14(19)12(15)16-17-13(18)10(2)9-11-7-5-4-6-8-11;/h4-8,10H,3,9H2,1-2H3,(H2,15,16)(H,17,18);1H2/t10-;/m0./s1.